The van der Waals surface area contributed by atoms with E-state index in [9.17, 15) is 19.1 Å². The van der Waals surface area contributed by atoms with E-state index in [1.54, 1.807) is 39.0 Å². The highest BCUT2D eigenvalue weighted by Crippen LogP contribution is 2.61. The largest absolute Gasteiger partial charge is 0.480 e. The van der Waals surface area contributed by atoms with Crippen LogP contribution in [0.4, 0.5) is 13.6 Å². The molecule has 4 bridgehead atoms. The third-order valence-electron chi connectivity index (χ3n) is 8.50. The molecule has 2 aromatic rings. The van der Waals surface area contributed by atoms with Crippen LogP contribution in [0.1, 0.15) is 70.4 Å². The predicted octanol–water partition coefficient (Wildman–Crippen LogP) is 7.31. The van der Waals surface area contributed by atoms with Crippen LogP contribution in [0.3, 0.4) is 0 Å². The average Bonchev–Trinajstić information content (AvgIpc) is 2.82. The van der Waals surface area contributed by atoms with Crippen molar-refractivity contribution < 1.29 is 28.2 Å². The maximum atomic E-state index is 15.5. The van der Waals surface area contributed by atoms with E-state index in [4.69, 9.17) is 4.74 Å². The molecule has 1 amide bonds. The van der Waals surface area contributed by atoms with Crippen molar-refractivity contribution in [1.29, 1.82) is 0 Å². The summed E-state index contributed by atoms with van der Waals surface area (Å²) in [5, 5.41) is 11.8. The van der Waals surface area contributed by atoms with E-state index in [0.29, 0.717) is 16.7 Å². The highest BCUT2D eigenvalue weighted by atomic mass is 32.2. The number of hydrogen-bond donors (Lipinski definition) is 2. The standard InChI is InChI=1S/C31H37F2NO4S/c1-30(2,3)38-29(37)34-27(28(35)36)17-39-16-23-5-4-21(11-25(23)32)22-6-7-24(26(33)12-22)31-13-18-8-19(14-31)10-20(9-18)15-31/h4-7,11-12,18-20,27H,8-10,13-17H2,1-3H3,(H,34,37)(H,35,36). The number of thioether (sulfide) groups is 1. The maximum Gasteiger partial charge on any atom is 0.408 e. The molecule has 8 heteroatoms. The molecule has 4 aliphatic rings. The third kappa shape index (κ3) is 6.26. The van der Waals surface area contributed by atoms with Crippen molar-refractivity contribution in [1.82, 2.24) is 5.32 Å². The number of alkyl carbamates (subject to hydrolysis) is 1. The smallest absolute Gasteiger partial charge is 0.408 e. The molecule has 0 aliphatic heterocycles. The van der Waals surface area contributed by atoms with Gasteiger partial charge < -0.3 is 15.2 Å². The van der Waals surface area contributed by atoms with Gasteiger partial charge in [0.1, 0.15) is 23.3 Å². The summed E-state index contributed by atoms with van der Waals surface area (Å²) in [6.07, 6.45) is 6.37. The molecule has 2 N–H and O–H groups in total. The molecule has 5 nitrogen and oxygen atoms in total. The molecule has 0 saturated heterocycles. The first-order valence-electron chi connectivity index (χ1n) is 13.8. The minimum Gasteiger partial charge on any atom is -0.480 e. The topological polar surface area (TPSA) is 75.6 Å². The van der Waals surface area contributed by atoms with Crippen molar-refractivity contribution in [2.75, 3.05) is 5.75 Å². The van der Waals surface area contributed by atoms with Crippen LogP contribution in [-0.2, 0) is 20.7 Å². The maximum absolute atomic E-state index is 15.5. The Balaban J connectivity index is 1.22. The molecular formula is C31H37F2NO4S. The molecule has 4 fully saturated rings. The molecule has 0 radical (unpaired) electrons. The van der Waals surface area contributed by atoms with Crippen molar-refractivity contribution in [3.63, 3.8) is 0 Å². The molecule has 0 heterocycles. The van der Waals surface area contributed by atoms with Gasteiger partial charge in [-0.05, 0) is 117 Å². The third-order valence-corrected chi connectivity index (χ3v) is 9.58. The number of aliphatic carboxylic acids is 1. The van der Waals surface area contributed by atoms with E-state index in [-0.39, 0.29) is 22.7 Å². The Morgan fingerprint density at radius 2 is 1.56 bits per heavy atom. The van der Waals surface area contributed by atoms with Crippen LogP contribution in [0, 0.1) is 29.4 Å². The highest BCUT2D eigenvalue weighted by molar-refractivity contribution is 7.98. The lowest BCUT2D eigenvalue weighted by Gasteiger charge is -2.57. The molecule has 6 rings (SSSR count). The number of nitrogens with one attached hydrogen (secondary N) is 1. The number of benzene rings is 2. The first-order valence-corrected chi connectivity index (χ1v) is 15.0. The highest BCUT2D eigenvalue weighted by Gasteiger charge is 2.52. The lowest BCUT2D eigenvalue weighted by Crippen LogP contribution is -2.48. The van der Waals surface area contributed by atoms with Crippen molar-refractivity contribution >= 4 is 23.8 Å². The Hall–Kier alpha value is -2.61. The Kier molecular flexibility index (Phi) is 7.70. The van der Waals surface area contributed by atoms with E-state index >= 15 is 4.39 Å². The fraction of sp³-hybridized carbons (Fsp3) is 0.548. The Morgan fingerprint density at radius 3 is 2.08 bits per heavy atom. The van der Waals surface area contributed by atoms with Crippen molar-refractivity contribution in [2.24, 2.45) is 17.8 Å². The van der Waals surface area contributed by atoms with Gasteiger partial charge in [0.25, 0.3) is 0 Å². The van der Waals surface area contributed by atoms with Crippen LogP contribution in [0.5, 0.6) is 0 Å². The monoisotopic (exact) mass is 557 g/mol. The van der Waals surface area contributed by atoms with Crippen LogP contribution >= 0.6 is 11.8 Å². The summed E-state index contributed by atoms with van der Waals surface area (Å²) >= 11 is 1.20. The summed E-state index contributed by atoms with van der Waals surface area (Å²) in [4.78, 5) is 23.5. The van der Waals surface area contributed by atoms with Gasteiger partial charge in [0.15, 0.2) is 0 Å². The van der Waals surface area contributed by atoms with Crippen molar-refractivity contribution in [3.05, 3.63) is 59.2 Å². The molecule has 210 valence electrons. The van der Waals surface area contributed by atoms with Gasteiger partial charge in [-0.2, -0.15) is 11.8 Å². The van der Waals surface area contributed by atoms with Crippen LogP contribution < -0.4 is 5.32 Å². The Bertz CT molecular complexity index is 1220. The first-order chi connectivity index (χ1) is 18.4. The number of carbonyl (C=O) groups excluding carboxylic acids is 1. The number of hydrogen-bond acceptors (Lipinski definition) is 4. The molecule has 4 aliphatic carbocycles. The number of carboxylic acid groups (broad SMARTS) is 1. The zero-order valence-corrected chi connectivity index (χ0v) is 23.6. The second kappa shape index (κ2) is 10.8. The second-order valence-corrected chi connectivity index (χ2v) is 13.8. The lowest BCUT2D eigenvalue weighted by atomic mass is 9.48. The zero-order valence-electron chi connectivity index (χ0n) is 22.8. The van der Waals surface area contributed by atoms with Gasteiger partial charge in [-0.3, -0.25) is 0 Å². The fourth-order valence-electron chi connectivity index (χ4n) is 7.32. The minimum atomic E-state index is -1.19. The number of ether oxygens (including phenoxy) is 1. The van der Waals surface area contributed by atoms with E-state index in [2.05, 4.69) is 5.32 Å². The summed E-state index contributed by atoms with van der Waals surface area (Å²) in [6, 6.07) is 9.07. The summed E-state index contributed by atoms with van der Waals surface area (Å²) in [5.41, 5.74) is 1.72. The number of carbonyl (C=O) groups is 2. The van der Waals surface area contributed by atoms with Crippen LogP contribution in [-0.4, -0.2) is 34.6 Å². The minimum absolute atomic E-state index is 0.0319. The van der Waals surface area contributed by atoms with Gasteiger partial charge >= 0.3 is 12.1 Å². The molecule has 1 atom stereocenters. The summed E-state index contributed by atoms with van der Waals surface area (Å²) in [7, 11) is 0. The zero-order chi connectivity index (χ0) is 27.9. The predicted molar refractivity (Wildman–Crippen MR) is 149 cm³/mol. The number of amides is 1. The second-order valence-electron chi connectivity index (χ2n) is 12.8. The fourth-order valence-corrected chi connectivity index (χ4v) is 8.35. The molecule has 0 aromatic heterocycles. The molecule has 2 aromatic carbocycles. The normalized spacial score (nSPS) is 26.3. The lowest BCUT2D eigenvalue weighted by molar-refractivity contribution is -0.138. The SMILES string of the molecule is CC(C)(C)OC(=O)NC(CSCc1ccc(-c2ccc(C34CC5CC(CC(C5)C3)C4)c(F)c2)cc1F)C(=O)O. The molecule has 4 saturated carbocycles. The summed E-state index contributed by atoms with van der Waals surface area (Å²) < 4.78 is 35.6. The van der Waals surface area contributed by atoms with Crippen LogP contribution in [0.25, 0.3) is 11.1 Å². The number of rotatable bonds is 8. The Morgan fingerprint density at radius 1 is 1.00 bits per heavy atom. The van der Waals surface area contributed by atoms with E-state index in [1.165, 1.54) is 37.1 Å². The molecule has 1 unspecified atom stereocenters. The summed E-state index contributed by atoms with van der Waals surface area (Å²) in [6.45, 7) is 5.07. The van der Waals surface area contributed by atoms with Gasteiger partial charge in [-0.15, -0.1) is 0 Å². The van der Waals surface area contributed by atoms with Crippen LogP contribution in [0.2, 0.25) is 0 Å². The molecule has 39 heavy (non-hydrogen) atoms. The van der Waals surface area contributed by atoms with Crippen LogP contribution in [0.15, 0.2) is 36.4 Å². The molecular weight excluding hydrogens is 520 g/mol. The van der Waals surface area contributed by atoms with Gasteiger partial charge in [0.2, 0.25) is 0 Å². The van der Waals surface area contributed by atoms with Gasteiger partial charge in [-0.1, -0.05) is 24.3 Å². The first kappa shape index (κ1) is 27.9. The van der Waals surface area contributed by atoms with E-state index < -0.39 is 29.5 Å². The van der Waals surface area contributed by atoms with Gasteiger partial charge in [0.05, 0.1) is 0 Å². The Labute approximate surface area is 233 Å². The average molecular weight is 558 g/mol. The van der Waals surface area contributed by atoms with Crippen molar-refractivity contribution in [3.8, 4) is 11.1 Å². The molecule has 0 spiro atoms. The van der Waals surface area contributed by atoms with Gasteiger partial charge in [0, 0.05) is 11.5 Å². The number of carboxylic acids is 1. The van der Waals surface area contributed by atoms with E-state index in [1.807, 2.05) is 12.1 Å². The van der Waals surface area contributed by atoms with Gasteiger partial charge in [-0.25, -0.2) is 18.4 Å². The van der Waals surface area contributed by atoms with Crippen molar-refractivity contribution in [2.45, 2.75) is 82.1 Å². The summed E-state index contributed by atoms with van der Waals surface area (Å²) in [5.74, 6) is 0.654. The quantitative estimate of drug-likeness (QED) is 0.356. The number of halogens is 2. The van der Waals surface area contributed by atoms with E-state index in [0.717, 1.165) is 42.6 Å².